The van der Waals surface area contributed by atoms with Gasteiger partial charge in [-0.1, -0.05) is 12.1 Å². The highest BCUT2D eigenvalue weighted by molar-refractivity contribution is 5.62. The van der Waals surface area contributed by atoms with Crippen LogP contribution in [0, 0.1) is 0 Å². The molecule has 7 nitrogen and oxygen atoms in total. The summed E-state index contributed by atoms with van der Waals surface area (Å²) in [5, 5.41) is 19.0. The van der Waals surface area contributed by atoms with Crippen molar-refractivity contribution in [3.8, 4) is 11.4 Å². The molecule has 20 heavy (non-hydrogen) atoms. The molecule has 1 N–H and O–H groups in total. The normalized spacial score (nSPS) is 10.7. The quantitative estimate of drug-likeness (QED) is 0.771. The Bertz CT molecular complexity index is 713. The molecule has 102 valence electrons. The summed E-state index contributed by atoms with van der Waals surface area (Å²) in [6.07, 6.45) is 3.84. The molecule has 3 aromatic rings. The number of rotatable bonds is 4. The molecule has 0 bridgehead atoms. The van der Waals surface area contributed by atoms with Crippen molar-refractivity contribution in [2.24, 2.45) is 14.1 Å². The predicted octanol–water partition coefficient (Wildman–Crippen LogP) is 1.22. The maximum Gasteiger partial charge on any atom is 0.181 e. The van der Waals surface area contributed by atoms with Gasteiger partial charge in [-0.2, -0.15) is 5.10 Å². The largest absolute Gasteiger partial charge is 0.381 e. The predicted molar refractivity (Wildman–Crippen MR) is 74.8 cm³/mol. The number of nitrogens with zero attached hydrogens (tertiary/aromatic N) is 6. The van der Waals surface area contributed by atoms with Crippen LogP contribution in [0.1, 0.15) is 5.56 Å². The lowest BCUT2D eigenvalue weighted by molar-refractivity contribution is 0.714. The summed E-state index contributed by atoms with van der Waals surface area (Å²) >= 11 is 0. The van der Waals surface area contributed by atoms with Crippen LogP contribution in [0.4, 0.5) is 5.69 Å². The number of aromatic nitrogens is 6. The smallest absolute Gasteiger partial charge is 0.181 e. The van der Waals surface area contributed by atoms with E-state index in [2.05, 4.69) is 25.9 Å². The molecule has 0 radical (unpaired) electrons. The van der Waals surface area contributed by atoms with E-state index in [1.54, 1.807) is 9.36 Å². The minimum atomic E-state index is 0.731. The van der Waals surface area contributed by atoms with Crippen molar-refractivity contribution in [1.82, 2.24) is 30.0 Å². The van der Waals surface area contributed by atoms with Crippen LogP contribution in [0.2, 0.25) is 0 Å². The van der Waals surface area contributed by atoms with Gasteiger partial charge < -0.3 is 5.32 Å². The molecule has 1 aromatic carbocycles. The molecule has 3 rings (SSSR count). The fraction of sp³-hybridized carbons (Fsp3) is 0.231. The average molecular weight is 269 g/mol. The van der Waals surface area contributed by atoms with Gasteiger partial charge in [0.25, 0.3) is 0 Å². The Morgan fingerprint density at radius 3 is 2.85 bits per heavy atom. The van der Waals surface area contributed by atoms with Crippen molar-refractivity contribution in [1.29, 1.82) is 0 Å². The molecule has 0 saturated carbocycles. The van der Waals surface area contributed by atoms with Crippen LogP contribution in [0.3, 0.4) is 0 Å². The molecular formula is C13H15N7. The second kappa shape index (κ2) is 5.12. The monoisotopic (exact) mass is 269 g/mol. The molecule has 0 amide bonds. The fourth-order valence-electron chi connectivity index (χ4n) is 2.01. The van der Waals surface area contributed by atoms with Gasteiger partial charge >= 0.3 is 0 Å². The zero-order chi connectivity index (χ0) is 13.9. The molecule has 0 saturated heterocycles. The van der Waals surface area contributed by atoms with Crippen LogP contribution >= 0.6 is 0 Å². The molecule has 0 aliphatic heterocycles. The number of nitrogens with one attached hydrogen (secondary N) is 1. The first-order valence-corrected chi connectivity index (χ1v) is 6.26. The topological polar surface area (TPSA) is 73.5 Å². The van der Waals surface area contributed by atoms with Crippen molar-refractivity contribution in [2.45, 2.75) is 6.54 Å². The summed E-state index contributed by atoms with van der Waals surface area (Å²) < 4.78 is 3.44. The Kier molecular flexibility index (Phi) is 3.16. The molecule has 2 heterocycles. The first kappa shape index (κ1) is 12.3. The van der Waals surface area contributed by atoms with Gasteiger partial charge in [0.05, 0.1) is 6.20 Å². The molecule has 2 aromatic heterocycles. The van der Waals surface area contributed by atoms with E-state index in [0.717, 1.165) is 29.2 Å². The molecule has 0 fully saturated rings. The van der Waals surface area contributed by atoms with Crippen molar-refractivity contribution in [3.05, 3.63) is 42.2 Å². The van der Waals surface area contributed by atoms with Crippen molar-refractivity contribution in [2.75, 3.05) is 5.32 Å². The highest BCUT2D eigenvalue weighted by atomic mass is 15.5. The average Bonchev–Trinajstić information content (AvgIpc) is 3.05. The second-order valence-corrected chi connectivity index (χ2v) is 4.58. The van der Waals surface area contributed by atoms with Crippen LogP contribution in [0.15, 0.2) is 36.7 Å². The standard InChI is InChI=1S/C13H15N7/c1-19-9-10(8-15-19)7-14-12-5-3-4-11(6-12)13-16-17-18-20(13)2/h3-6,8-9,14H,7H2,1-2H3. The van der Waals surface area contributed by atoms with E-state index in [1.807, 2.05) is 50.8 Å². The Labute approximate surface area is 116 Å². The highest BCUT2D eigenvalue weighted by Crippen LogP contribution is 2.19. The zero-order valence-electron chi connectivity index (χ0n) is 11.4. The molecular weight excluding hydrogens is 254 g/mol. The van der Waals surface area contributed by atoms with E-state index in [9.17, 15) is 0 Å². The lowest BCUT2D eigenvalue weighted by atomic mass is 10.2. The Morgan fingerprint density at radius 2 is 2.15 bits per heavy atom. The third-order valence-electron chi connectivity index (χ3n) is 3.00. The summed E-state index contributed by atoms with van der Waals surface area (Å²) in [7, 11) is 3.73. The molecule has 0 unspecified atom stereocenters. The number of tetrazole rings is 1. The summed E-state index contributed by atoms with van der Waals surface area (Å²) in [5.74, 6) is 0.745. The van der Waals surface area contributed by atoms with Gasteiger partial charge in [-0.15, -0.1) is 5.10 Å². The lowest BCUT2D eigenvalue weighted by Crippen LogP contribution is -1.99. The Hall–Kier alpha value is -2.70. The third kappa shape index (κ3) is 2.51. The van der Waals surface area contributed by atoms with E-state index in [4.69, 9.17) is 0 Å². The minimum absolute atomic E-state index is 0.731. The van der Waals surface area contributed by atoms with Gasteiger partial charge in [-0.3, -0.25) is 4.68 Å². The second-order valence-electron chi connectivity index (χ2n) is 4.58. The van der Waals surface area contributed by atoms with Crippen LogP contribution in [0.5, 0.6) is 0 Å². The molecule has 0 atom stereocenters. The minimum Gasteiger partial charge on any atom is -0.381 e. The van der Waals surface area contributed by atoms with Gasteiger partial charge in [0.1, 0.15) is 0 Å². The Morgan fingerprint density at radius 1 is 1.25 bits per heavy atom. The van der Waals surface area contributed by atoms with Gasteiger partial charge in [-0.25, -0.2) is 4.68 Å². The van der Waals surface area contributed by atoms with Gasteiger partial charge in [-0.05, 0) is 22.6 Å². The number of aryl methyl sites for hydroxylation is 2. The molecule has 0 aliphatic carbocycles. The SMILES string of the molecule is Cn1cc(CNc2cccc(-c3nnnn3C)c2)cn1. The lowest BCUT2D eigenvalue weighted by Gasteiger charge is -2.06. The zero-order valence-corrected chi connectivity index (χ0v) is 11.4. The highest BCUT2D eigenvalue weighted by Gasteiger charge is 2.06. The number of hydrogen-bond donors (Lipinski definition) is 1. The third-order valence-corrected chi connectivity index (χ3v) is 3.00. The van der Waals surface area contributed by atoms with Crippen LogP contribution in [-0.2, 0) is 20.6 Å². The van der Waals surface area contributed by atoms with Crippen LogP contribution < -0.4 is 5.32 Å². The van der Waals surface area contributed by atoms with Gasteiger partial charge in [0, 0.05) is 43.7 Å². The first-order valence-electron chi connectivity index (χ1n) is 6.26. The Balaban J connectivity index is 1.76. The maximum atomic E-state index is 4.15. The fourth-order valence-corrected chi connectivity index (χ4v) is 2.01. The number of hydrogen-bond acceptors (Lipinski definition) is 5. The summed E-state index contributed by atoms with van der Waals surface area (Å²) in [4.78, 5) is 0. The van der Waals surface area contributed by atoms with E-state index < -0.39 is 0 Å². The van der Waals surface area contributed by atoms with Crippen molar-refractivity contribution in [3.63, 3.8) is 0 Å². The summed E-state index contributed by atoms with van der Waals surface area (Å²) in [5.41, 5.74) is 3.14. The van der Waals surface area contributed by atoms with E-state index >= 15 is 0 Å². The van der Waals surface area contributed by atoms with Gasteiger partial charge in [0.15, 0.2) is 5.82 Å². The van der Waals surface area contributed by atoms with Gasteiger partial charge in [0.2, 0.25) is 0 Å². The summed E-state index contributed by atoms with van der Waals surface area (Å²) in [6, 6.07) is 8.02. The van der Waals surface area contributed by atoms with Crippen LogP contribution in [-0.4, -0.2) is 30.0 Å². The van der Waals surface area contributed by atoms with Crippen LogP contribution in [0.25, 0.3) is 11.4 Å². The summed E-state index contributed by atoms with van der Waals surface area (Å²) in [6.45, 7) is 0.731. The van der Waals surface area contributed by atoms with E-state index in [1.165, 1.54) is 0 Å². The number of anilines is 1. The molecule has 0 spiro atoms. The molecule has 0 aliphatic rings. The van der Waals surface area contributed by atoms with Crippen molar-refractivity contribution < 1.29 is 0 Å². The van der Waals surface area contributed by atoms with E-state index in [-0.39, 0.29) is 0 Å². The van der Waals surface area contributed by atoms with Crippen molar-refractivity contribution >= 4 is 5.69 Å². The van der Waals surface area contributed by atoms with E-state index in [0.29, 0.717) is 0 Å². The molecule has 7 heteroatoms. The first-order chi connectivity index (χ1) is 9.72. The number of benzene rings is 1. The maximum absolute atomic E-state index is 4.15.